The first-order valence-electron chi connectivity index (χ1n) is 8.42. The topological polar surface area (TPSA) is 153 Å². The van der Waals surface area contributed by atoms with Crippen LogP contribution in [0.3, 0.4) is 0 Å². The molecule has 154 valence electrons. The minimum Gasteiger partial charge on any atom is -0.481 e. The van der Waals surface area contributed by atoms with Crippen molar-refractivity contribution in [3.8, 4) is 0 Å². The Morgan fingerprint density at radius 3 is 2.07 bits per heavy atom. The molecule has 0 fully saturated rings. The fraction of sp³-hybridized carbons (Fsp3) is 0.444. The summed E-state index contributed by atoms with van der Waals surface area (Å²) in [7, 11) is 0. The highest BCUT2D eigenvalue weighted by molar-refractivity contribution is 5.94. The molecule has 0 aliphatic carbocycles. The van der Waals surface area contributed by atoms with Crippen LogP contribution in [0.4, 0.5) is 4.39 Å². The molecule has 9 nitrogen and oxygen atoms in total. The molecule has 0 bridgehead atoms. The van der Waals surface area contributed by atoms with Crippen molar-refractivity contribution in [3.63, 3.8) is 0 Å². The number of carbonyl (C=O) groups excluding carboxylic acids is 2. The van der Waals surface area contributed by atoms with Crippen molar-refractivity contribution >= 4 is 23.8 Å². The molecule has 0 spiro atoms. The molecule has 0 saturated carbocycles. The Morgan fingerprint density at radius 1 is 1.04 bits per heavy atom. The van der Waals surface area contributed by atoms with Gasteiger partial charge in [-0.15, -0.1) is 0 Å². The molecule has 5 N–H and O–H groups in total. The zero-order valence-electron chi connectivity index (χ0n) is 15.4. The lowest BCUT2D eigenvalue weighted by molar-refractivity contribution is -0.143. The van der Waals surface area contributed by atoms with Crippen molar-refractivity contribution in [2.75, 3.05) is 6.61 Å². The number of nitrogens with one attached hydrogen (secondary N) is 2. The van der Waals surface area contributed by atoms with Crippen LogP contribution in [0.1, 0.15) is 32.3 Å². The second-order valence-electron chi connectivity index (χ2n) is 6.67. The summed E-state index contributed by atoms with van der Waals surface area (Å²) in [5, 5.41) is 31.6. The van der Waals surface area contributed by atoms with Gasteiger partial charge >= 0.3 is 11.9 Å². The van der Waals surface area contributed by atoms with Gasteiger partial charge in [-0.05, 0) is 38.0 Å². The van der Waals surface area contributed by atoms with Gasteiger partial charge in [0, 0.05) is 6.42 Å². The number of hydrogen-bond acceptors (Lipinski definition) is 5. The van der Waals surface area contributed by atoms with Crippen LogP contribution in [0.25, 0.3) is 0 Å². The van der Waals surface area contributed by atoms with E-state index in [1.54, 1.807) is 0 Å². The zero-order valence-corrected chi connectivity index (χ0v) is 15.4. The molecule has 0 aromatic heterocycles. The quantitative estimate of drug-likeness (QED) is 0.372. The largest absolute Gasteiger partial charge is 0.481 e. The van der Waals surface area contributed by atoms with Crippen molar-refractivity contribution in [2.45, 2.75) is 44.2 Å². The standard InChI is InChI=1S/C18H23FN2O7/c1-18(2,10-3-5-11(19)6-4-10)17(28)21-13(9-22)15(25)20-12(16(26)27)7-8-14(23)24/h3-6,12-13,22H,7-9H2,1-2H3,(H,20,25)(H,21,28)(H,23,24)(H,26,27)/t12-,13+/m1/s1. The van der Waals surface area contributed by atoms with Gasteiger partial charge in [0.05, 0.1) is 12.0 Å². The summed E-state index contributed by atoms with van der Waals surface area (Å²) in [6, 6.07) is 2.25. The Labute approximate surface area is 160 Å². The molecule has 0 radical (unpaired) electrons. The second kappa shape index (κ2) is 9.79. The van der Waals surface area contributed by atoms with Gasteiger partial charge in [-0.3, -0.25) is 14.4 Å². The Hall–Kier alpha value is -3.01. The van der Waals surface area contributed by atoms with Crippen molar-refractivity contribution < 1.29 is 38.9 Å². The van der Waals surface area contributed by atoms with E-state index in [1.807, 2.05) is 0 Å². The zero-order chi connectivity index (χ0) is 21.5. The Kier molecular flexibility index (Phi) is 8.05. The summed E-state index contributed by atoms with van der Waals surface area (Å²) in [5.74, 6) is -4.76. The van der Waals surface area contributed by atoms with Crippen LogP contribution >= 0.6 is 0 Å². The van der Waals surface area contributed by atoms with E-state index >= 15 is 0 Å². The summed E-state index contributed by atoms with van der Waals surface area (Å²) in [6.07, 6.45) is -0.839. The van der Waals surface area contributed by atoms with Crippen molar-refractivity contribution in [2.24, 2.45) is 0 Å². The van der Waals surface area contributed by atoms with E-state index in [-0.39, 0.29) is 6.42 Å². The van der Waals surface area contributed by atoms with Gasteiger partial charge in [0.2, 0.25) is 11.8 Å². The molecule has 0 unspecified atom stereocenters. The lowest BCUT2D eigenvalue weighted by Crippen LogP contribution is -2.55. The van der Waals surface area contributed by atoms with E-state index in [2.05, 4.69) is 10.6 Å². The minimum atomic E-state index is -1.49. The molecule has 2 amide bonds. The average Bonchev–Trinajstić information content (AvgIpc) is 2.62. The number of carbonyl (C=O) groups is 4. The third-order valence-electron chi connectivity index (χ3n) is 4.20. The van der Waals surface area contributed by atoms with Gasteiger partial charge in [-0.1, -0.05) is 12.1 Å². The highest BCUT2D eigenvalue weighted by atomic mass is 19.1. The van der Waals surface area contributed by atoms with Crippen LogP contribution in [0.2, 0.25) is 0 Å². The third-order valence-corrected chi connectivity index (χ3v) is 4.20. The molecule has 0 heterocycles. The molecule has 1 aromatic carbocycles. The number of aliphatic hydroxyl groups excluding tert-OH is 1. The molecule has 0 aliphatic heterocycles. The molecule has 0 saturated heterocycles. The van der Waals surface area contributed by atoms with Gasteiger partial charge in [0.15, 0.2) is 0 Å². The Morgan fingerprint density at radius 2 is 1.61 bits per heavy atom. The fourth-order valence-corrected chi connectivity index (χ4v) is 2.33. The number of amides is 2. The summed E-state index contributed by atoms with van der Waals surface area (Å²) in [6.45, 7) is 2.27. The first kappa shape index (κ1) is 23.0. The Balaban J connectivity index is 2.84. The normalized spacial score (nSPS) is 13.3. The van der Waals surface area contributed by atoms with Crippen molar-refractivity contribution in [1.29, 1.82) is 0 Å². The monoisotopic (exact) mass is 398 g/mol. The predicted molar refractivity (Wildman–Crippen MR) is 94.9 cm³/mol. The van der Waals surface area contributed by atoms with E-state index in [4.69, 9.17) is 10.2 Å². The van der Waals surface area contributed by atoms with E-state index in [9.17, 15) is 28.7 Å². The van der Waals surface area contributed by atoms with Crippen LogP contribution < -0.4 is 10.6 Å². The summed E-state index contributed by atoms with van der Waals surface area (Å²) >= 11 is 0. The third kappa shape index (κ3) is 6.31. The minimum absolute atomic E-state index is 0.358. The van der Waals surface area contributed by atoms with Crippen molar-refractivity contribution in [1.82, 2.24) is 10.6 Å². The van der Waals surface area contributed by atoms with Crippen LogP contribution in [0.5, 0.6) is 0 Å². The molecule has 10 heteroatoms. The maximum absolute atomic E-state index is 13.1. The van der Waals surface area contributed by atoms with E-state index in [0.717, 1.165) is 0 Å². The molecule has 1 rings (SSSR count). The van der Waals surface area contributed by atoms with E-state index in [1.165, 1.54) is 38.1 Å². The van der Waals surface area contributed by atoms with Crippen LogP contribution in [0.15, 0.2) is 24.3 Å². The van der Waals surface area contributed by atoms with Gasteiger partial charge in [0.25, 0.3) is 0 Å². The van der Waals surface area contributed by atoms with Gasteiger partial charge in [0.1, 0.15) is 17.9 Å². The molecular weight excluding hydrogens is 375 g/mol. The molecule has 28 heavy (non-hydrogen) atoms. The average molecular weight is 398 g/mol. The predicted octanol–water partition coefficient (Wildman–Crippen LogP) is 0.0146. The maximum atomic E-state index is 13.1. The number of aliphatic hydroxyl groups is 1. The first-order chi connectivity index (χ1) is 13.0. The molecule has 1 aromatic rings. The van der Waals surface area contributed by atoms with Crippen LogP contribution in [-0.4, -0.2) is 57.8 Å². The summed E-state index contributed by atoms with van der Waals surface area (Å²) < 4.78 is 13.1. The lowest BCUT2D eigenvalue weighted by Gasteiger charge is -2.27. The number of benzene rings is 1. The van der Waals surface area contributed by atoms with Gasteiger partial charge in [-0.2, -0.15) is 0 Å². The van der Waals surface area contributed by atoms with Crippen molar-refractivity contribution in [3.05, 3.63) is 35.6 Å². The van der Waals surface area contributed by atoms with Gasteiger partial charge in [-0.25, -0.2) is 9.18 Å². The molecule has 0 aliphatic rings. The summed E-state index contributed by atoms with van der Waals surface area (Å²) in [5.41, 5.74) is -0.704. The number of rotatable bonds is 10. The number of carboxylic acids is 2. The number of halogens is 1. The van der Waals surface area contributed by atoms with Crippen LogP contribution in [-0.2, 0) is 24.6 Å². The molecule has 2 atom stereocenters. The second-order valence-corrected chi connectivity index (χ2v) is 6.67. The number of carboxylic acid groups (broad SMARTS) is 2. The van der Waals surface area contributed by atoms with Crippen LogP contribution in [0, 0.1) is 5.82 Å². The summed E-state index contributed by atoms with van der Waals surface area (Å²) in [4.78, 5) is 46.6. The number of aliphatic carboxylic acids is 2. The first-order valence-corrected chi connectivity index (χ1v) is 8.42. The fourth-order valence-electron chi connectivity index (χ4n) is 2.33. The highest BCUT2D eigenvalue weighted by Gasteiger charge is 2.34. The maximum Gasteiger partial charge on any atom is 0.326 e. The lowest BCUT2D eigenvalue weighted by atomic mass is 9.83. The highest BCUT2D eigenvalue weighted by Crippen LogP contribution is 2.23. The van der Waals surface area contributed by atoms with E-state index in [0.29, 0.717) is 5.56 Å². The van der Waals surface area contributed by atoms with Gasteiger partial charge < -0.3 is 26.0 Å². The SMILES string of the molecule is CC(C)(C(=O)N[C@@H](CO)C(=O)N[C@H](CCC(=O)O)C(=O)O)c1ccc(F)cc1. The smallest absolute Gasteiger partial charge is 0.326 e. The molecular formula is C18H23FN2O7. The Bertz CT molecular complexity index is 734. The number of hydrogen-bond donors (Lipinski definition) is 5. The van der Waals surface area contributed by atoms with E-state index < -0.39 is 60.1 Å².